The summed E-state index contributed by atoms with van der Waals surface area (Å²) in [5, 5.41) is 11.1. The van der Waals surface area contributed by atoms with Gasteiger partial charge in [-0.1, -0.05) is 0 Å². The van der Waals surface area contributed by atoms with Crippen LogP contribution >= 0.6 is 0 Å². The van der Waals surface area contributed by atoms with Crippen LogP contribution in [-0.4, -0.2) is 33.1 Å². The predicted molar refractivity (Wildman–Crippen MR) is 78.3 cm³/mol. The first-order valence-corrected chi connectivity index (χ1v) is 7.33. The van der Waals surface area contributed by atoms with E-state index in [0.717, 1.165) is 0 Å². The van der Waals surface area contributed by atoms with E-state index in [4.69, 9.17) is 0 Å². The Labute approximate surface area is 150 Å². The van der Waals surface area contributed by atoms with Gasteiger partial charge in [0.25, 0.3) is 5.69 Å². The maximum atomic E-state index is 13.9. The number of fused-ring (bicyclic) bond motifs is 1. The molecule has 0 N–H and O–H groups in total. The fourth-order valence-corrected chi connectivity index (χ4v) is 2.22. The molecule has 0 bridgehead atoms. The minimum Gasteiger partial charge on any atom is -0.446 e. The van der Waals surface area contributed by atoms with Crippen molar-refractivity contribution in [3.05, 3.63) is 33.6 Å². The second-order valence-electron chi connectivity index (χ2n) is 5.74. The molecule has 7 nitrogen and oxygen atoms in total. The van der Waals surface area contributed by atoms with E-state index in [1.54, 1.807) is 0 Å². The monoisotopic (exact) mass is 417 g/mol. The molecule has 1 heterocycles. The highest BCUT2D eigenvalue weighted by Crippen LogP contribution is 2.40. The van der Waals surface area contributed by atoms with Crippen molar-refractivity contribution in [2.45, 2.75) is 38.5 Å². The number of aromatic nitrogens is 2. The van der Waals surface area contributed by atoms with Crippen molar-refractivity contribution in [3.8, 4) is 0 Å². The number of halogens is 7. The van der Waals surface area contributed by atoms with Gasteiger partial charge in [0.05, 0.1) is 22.1 Å². The van der Waals surface area contributed by atoms with Gasteiger partial charge < -0.3 is 4.74 Å². The lowest BCUT2D eigenvalue weighted by molar-refractivity contribution is -0.383. The van der Waals surface area contributed by atoms with Crippen LogP contribution in [0.5, 0.6) is 0 Å². The maximum Gasteiger partial charge on any atom is 0.420 e. The third kappa shape index (κ3) is 3.71. The van der Waals surface area contributed by atoms with Gasteiger partial charge in [-0.25, -0.2) is 23.1 Å². The molecular formula is C14H10F7N3O4. The van der Waals surface area contributed by atoms with Crippen molar-refractivity contribution in [2.75, 3.05) is 0 Å². The number of carbonyl (C=O) groups excluding carboxylic acids is 1. The molecule has 0 atom stereocenters. The Morgan fingerprint density at radius 1 is 1.21 bits per heavy atom. The summed E-state index contributed by atoms with van der Waals surface area (Å²) in [6.45, 7) is 2.51. The fourth-order valence-electron chi connectivity index (χ4n) is 2.22. The molecule has 0 amide bonds. The number of nitro groups is 1. The molecule has 0 saturated heterocycles. The van der Waals surface area contributed by atoms with Gasteiger partial charge in [-0.2, -0.15) is 22.0 Å². The number of carbonyl (C=O) groups is 1. The summed E-state index contributed by atoms with van der Waals surface area (Å²) < 4.78 is 96.8. The zero-order chi connectivity index (χ0) is 21.6. The molecule has 1 aromatic carbocycles. The highest BCUT2D eigenvalue weighted by Gasteiger charge is 2.49. The van der Waals surface area contributed by atoms with E-state index in [9.17, 15) is 45.6 Å². The van der Waals surface area contributed by atoms with Crippen molar-refractivity contribution in [3.63, 3.8) is 0 Å². The average molecular weight is 417 g/mol. The van der Waals surface area contributed by atoms with E-state index < -0.39 is 63.8 Å². The minimum atomic E-state index is -5.17. The highest BCUT2D eigenvalue weighted by molar-refractivity contribution is 5.93. The first-order chi connectivity index (χ1) is 12.7. The van der Waals surface area contributed by atoms with Gasteiger partial charge in [0.15, 0.2) is 11.3 Å². The van der Waals surface area contributed by atoms with E-state index in [2.05, 4.69) is 9.72 Å². The molecule has 14 heteroatoms. The van der Waals surface area contributed by atoms with Crippen LogP contribution in [0.15, 0.2) is 12.1 Å². The highest BCUT2D eigenvalue weighted by atomic mass is 19.4. The summed E-state index contributed by atoms with van der Waals surface area (Å²) >= 11 is 0. The molecule has 0 aliphatic rings. The lowest BCUT2D eigenvalue weighted by Gasteiger charge is -2.17. The van der Waals surface area contributed by atoms with Crippen molar-refractivity contribution < 1.29 is 45.2 Å². The summed E-state index contributed by atoms with van der Waals surface area (Å²) in [4.78, 5) is 24.9. The molecule has 1 aromatic heterocycles. The van der Waals surface area contributed by atoms with Crippen LogP contribution in [0, 0.1) is 10.1 Å². The van der Waals surface area contributed by atoms with Crippen molar-refractivity contribution >= 4 is 22.8 Å². The number of nitrogens with zero attached hydrogens (tertiary/aromatic N) is 3. The number of hydrogen-bond acceptors (Lipinski definition) is 5. The second kappa shape index (κ2) is 6.91. The number of imidazole rings is 1. The lowest BCUT2D eigenvalue weighted by Crippen LogP contribution is -2.31. The molecule has 0 unspecified atom stereocenters. The summed E-state index contributed by atoms with van der Waals surface area (Å²) in [6, 6.07) is 0.111. The zero-order valence-electron chi connectivity index (χ0n) is 13.9. The Morgan fingerprint density at radius 2 is 1.79 bits per heavy atom. The SMILES string of the molecule is CC(C)OC(=O)n1c(C(F)(F)C(F)F)nc2c([N+](=O)[O-])cc(C(F)(F)F)cc21. The molecule has 0 spiro atoms. The average Bonchev–Trinajstić information content (AvgIpc) is 2.92. The standard InChI is InChI=1S/C14H10F7N3O4/c1-5(2)28-12(25)23-7-3-6(14(19,20)21)4-8(24(26)27)9(7)22-11(23)13(17,18)10(15)16/h3-5,10H,1-2H3. The topological polar surface area (TPSA) is 87.3 Å². The van der Waals surface area contributed by atoms with Gasteiger partial charge in [0.2, 0.25) is 0 Å². The Morgan fingerprint density at radius 3 is 2.21 bits per heavy atom. The molecule has 0 radical (unpaired) electrons. The maximum absolute atomic E-state index is 13.9. The molecule has 28 heavy (non-hydrogen) atoms. The third-order valence-electron chi connectivity index (χ3n) is 3.36. The smallest absolute Gasteiger partial charge is 0.420 e. The molecule has 0 aliphatic heterocycles. The van der Waals surface area contributed by atoms with E-state index in [-0.39, 0.29) is 16.7 Å². The largest absolute Gasteiger partial charge is 0.446 e. The molecule has 2 aromatic rings. The third-order valence-corrected chi connectivity index (χ3v) is 3.36. The molecule has 154 valence electrons. The van der Waals surface area contributed by atoms with Gasteiger partial charge in [-0.3, -0.25) is 10.1 Å². The van der Waals surface area contributed by atoms with Gasteiger partial charge in [-0.05, 0) is 19.9 Å². The summed E-state index contributed by atoms with van der Waals surface area (Å²) in [5.74, 6) is -7.09. The minimum absolute atomic E-state index is 0.00223. The Hall–Kier alpha value is -2.93. The summed E-state index contributed by atoms with van der Waals surface area (Å²) in [7, 11) is 0. The number of rotatable bonds is 4. The molecule has 2 rings (SSSR count). The quantitative estimate of drug-likeness (QED) is 0.408. The van der Waals surface area contributed by atoms with Crippen molar-refractivity contribution in [2.24, 2.45) is 0 Å². The molecule has 0 fully saturated rings. The van der Waals surface area contributed by atoms with E-state index in [1.807, 2.05) is 0 Å². The van der Waals surface area contributed by atoms with Crippen LogP contribution in [0.2, 0.25) is 0 Å². The predicted octanol–water partition coefficient (Wildman–Crippen LogP) is 4.71. The van der Waals surface area contributed by atoms with Crippen LogP contribution in [0.1, 0.15) is 25.2 Å². The molecule has 0 aliphatic carbocycles. The fraction of sp³-hybridized carbons (Fsp3) is 0.429. The second-order valence-corrected chi connectivity index (χ2v) is 5.74. The van der Waals surface area contributed by atoms with Crippen LogP contribution < -0.4 is 0 Å². The number of hydrogen-bond donors (Lipinski definition) is 0. The van der Waals surface area contributed by atoms with Crippen molar-refractivity contribution in [1.82, 2.24) is 9.55 Å². The van der Waals surface area contributed by atoms with Crippen LogP contribution in [0.4, 0.5) is 41.2 Å². The van der Waals surface area contributed by atoms with Gasteiger partial charge in [-0.15, -0.1) is 0 Å². The Balaban J connectivity index is 2.99. The molecule has 0 saturated carbocycles. The lowest BCUT2D eigenvalue weighted by atomic mass is 10.1. The number of nitro benzene ring substituents is 1. The zero-order valence-corrected chi connectivity index (χ0v) is 13.9. The van der Waals surface area contributed by atoms with E-state index in [0.29, 0.717) is 0 Å². The number of ether oxygens (including phenoxy) is 1. The summed E-state index contributed by atoms with van der Waals surface area (Å²) in [5.41, 5.74) is -5.29. The molecular weight excluding hydrogens is 407 g/mol. The van der Waals surface area contributed by atoms with Gasteiger partial charge in [0.1, 0.15) is 0 Å². The number of benzene rings is 1. The van der Waals surface area contributed by atoms with Crippen LogP contribution in [0.3, 0.4) is 0 Å². The van der Waals surface area contributed by atoms with Gasteiger partial charge in [0, 0.05) is 6.07 Å². The Kier molecular flexibility index (Phi) is 5.27. The normalized spacial score (nSPS) is 12.8. The first-order valence-electron chi connectivity index (χ1n) is 7.33. The van der Waals surface area contributed by atoms with Crippen molar-refractivity contribution in [1.29, 1.82) is 0 Å². The van der Waals surface area contributed by atoms with Crippen LogP contribution in [-0.2, 0) is 16.8 Å². The van der Waals surface area contributed by atoms with Gasteiger partial charge >= 0.3 is 24.6 Å². The first kappa shape index (κ1) is 21.4. The Bertz CT molecular complexity index is 937. The summed E-state index contributed by atoms with van der Waals surface area (Å²) in [6.07, 6.45) is -12.3. The van der Waals surface area contributed by atoms with E-state index in [1.165, 1.54) is 13.8 Å². The van der Waals surface area contributed by atoms with E-state index >= 15 is 0 Å². The van der Waals surface area contributed by atoms with Crippen LogP contribution in [0.25, 0.3) is 11.0 Å². The number of non-ortho nitro benzene ring substituents is 1. The number of alkyl halides is 7.